The summed E-state index contributed by atoms with van der Waals surface area (Å²) in [5.74, 6) is -0.513. The SMILES string of the molecule is C=Cc1ncc(N(F)F)nc1C=C. The molecule has 3 nitrogen and oxygen atoms in total. The first-order chi connectivity index (χ1) is 6.19. The second kappa shape index (κ2) is 3.75. The van der Waals surface area contributed by atoms with Crippen LogP contribution >= 0.6 is 0 Å². The van der Waals surface area contributed by atoms with E-state index in [1.807, 2.05) is 0 Å². The van der Waals surface area contributed by atoms with Crippen molar-refractivity contribution in [3.63, 3.8) is 0 Å². The monoisotopic (exact) mass is 183 g/mol. The Morgan fingerprint density at radius 1 is 1.23 bits per heavy atom. The molecule has 1 heterocycles. The van der Waals surface area contributed by atoms with E-state index >= 15 is 0 Å². The average molecular weight is 183 g/mol. The highest BCUT2D eigenvalue weighted by Gasteiger charge is 2.07. The Morgan fingerprint density at radius 3 is 2.31 bits per heavy atom. The average Bonchev–Trinajstić information content (AvgIpc) is 2.16. The van der Waals surface area contributed by atoms with Gasteiger partial charge in [-0.2, -0.15) is 0 Å². The highest BCUT2D eigenvalue weighted by atomic mass is 19.4. The zero-order chi connectivity index (χ0) is 9.84. The van der Waals surface area contributed by atoms with Gasteiger partial charge >= 0.3 is 0 Å². The van der Waals surface area contributed by atoms with Crippen molar-refractivity contribution in [1.82, 2.24) is 9.97 Å². The Kier molecular flexibility index (Phi) is 2.69. The molecule has 0 bridgehead atoms. The van der Waals surface area contributed by atoms with Crippen molar-refractivity contribution >= 4 is 18.0 Å². The number of halogens is 2. The van der Waals surface area contributed by atoms with Crippen molar-refractivity contribution in [3.05, 3.63) is 30.7 Å². The van der Waals surface area contributed by atoms with Crippen LogP contribution in [0.1, 0.15) is 11.4 Å². The van der Waals surface area contributed by atoms with Gasteiger partial charge in [0.2, 0.25) is 5.82 Å². The van der Waals surface area contributed by atoms with Gasteiger partial charge in [0, 0.05) is 0 Å². The summed E-state index contributed by atoms with van der Waals surface area (Å²) in [6.07, 6.45) is 3.73. The summed E-state index contributed by atoms with van der Waals surface area (Å²) in [6, 6.07) is 0. The Morgan fingerprint density at radius 2 is 1.85 bits per heavy atom. The number of rotatable bonds is 3. The van der Waals surface area contributed by atoms with E-state index in [0.29, 0.717) is 5.69 Å². The molecule has 0 atom stereocenters. The molecule has 0 N–H and O–H groups in total. The second-order valence-corrected chi connectivity index (χ2v) is 2.14. The third kappa shape index (κ3) is 1.87. The maximum atomic E-state index is 12.0. The lowest BCUT2D eigenvalue weighted by molar-refractivity contribution is 0.231. The van der Waals surface area contributed by atoms with E-state index in [4.69, 9.17) is 0 Å². The van der Waals surface area contributed by atoms with E-state index in [1.54, 1.807) is 0 Å². The van der Waals surface area contributed by atoms with Gasteiger partial charge in [-0.25, -0.2) is 4.98 Å². The van der Waals surface area contributed by atoms with E-state index in [2.05, 4.69) is 23.1 Å². The molecule has 0 unspecified atom stereocenters. The van der Waals surface area contributed by atoms with E-state index in [9.17, 15) is 8.96 Å². The predicted molar refractivity (Wildman–Crippen MR) is 46.9 cm³/mol. The number of hydrogen-bond acceptors (Lipinski definition) is 3. The van der Waals surface area contributed by atoms with Gasteiger partial charge < -0.3 is 0 Å². The maximum absolute atomic E-state index is 12.0. The van der Waals surface area contributed by atoms with Crippen LogP contribution in [0, 0.1) is 0 Å². The minimum atomic E-state index is -1.10. The second-order valence-electron chi connectivity index (χ2n) is 2.14. The third-order valence-corrected chi connectivity index (χ3v) is 1.38. The van der Waals surface area contributed by atoms with Gasteiger partial charge in [-0.3, -0.25) is 4.98 Å². The Bertz CT molecular complexity index is 336. The number of hydrogen-bond donors (Lipinski definition) is 0. The third-order valence-electron chi connectivity index (χ3n) is 1.38. The molecule has 1 aromatic rings. The molecule has 68 valence electrons. The maximum Gasteiger partial charge on any atom is 0.213 e. The first-order valence-electron chi connectivity index (χ1n) is 3.42. The van der Waals surface area contributed by atoms with Crippen molar-refractivity contribution < 1.29 is 8.96 Å². The van der Waals surface area contributed by atoms with Crippen LogP contribution in [0.4, 0.5) is 14.8 Å². The van der Waals surface area contributed by atoms with Gasteiger partial charge in [-0.1, -0.05) is 22.1 Å². The van der Waals surface area contributed by atoms with Crippen LogP contribution in [0.25, 0.3) is 12.2 Å². The van der Waals surface area contributed by atoms with Crippen LogP contribution in [0.2, 0.25) is 0 Å². The highest BCUT2D eigenvalue weighted by Crippen LogP contribution is 2.14. The van der Waals surface area contributed by atoms with Gasteiger partial charge in [0.05, 0.1) is 17.6 Å². The largest absolute Gasteiger partial charge is 0.251 e. The summed E-state index contributed by atoms with van der Waals surface area (Å²) in [5.41, 5.74) is 0.716. The molecule has 1 rings (SSSR count). The van der Waals surface area contributed by atoms with Crippen molar-refractivity contribution in [2.24, 2.45) is 0 Å². The minimum absolute atomic E-state index is 0.285. The Balaban J connectivity index is 3.20. The van der Waals surface area contributed by atoms with Gasteiger partial charge in [0.15, 0.2) is 0 Å². The molecular weight excluding hydrogens is 176 g/mol. The normalized spacial score (nSPS) is 9.38. The van der Waals surface area contributed by atoms with E-state index < -0.39 is 11.2 Å². The zero-order valence-electron chi connectivity index (χ0n) is 6.74. The lowest BCUT2D eigenvalue weighted by Crippen LogP contribution is -2.02. The molecule has 0 aliphatic heterocycles. The van der Waals surface area contributed by atoms with Crippen molar-refractivity contribution in [3.8, 4) is 0 Å². The molecule has 0 saturated heterocycles. The summed E-state index contributed by atoms with van der Waals surface area (Å²) in [4.78, 5) is 7.30. The van der Waals surface area contributed by atoms with Crippen LogP contribution in [0.15, 0.2) is 19.4 Å². The summed E-state index contributed by atoms with van der Waals surface area (Å²) >= 11 is 0. The smallest absolute Gasteiger partial charge is 0.213 e. The van der Waals surface area contributed by atoms with Crippen molar-refractivity contribution in [2.75, 3.05) is 5.34 Å². The number of aromatic nitrogens is 2. The molecule has 0 fully saturated rings. The fraction of sp³-hybridized carbons (Fsp3) is 0. The number of nitrogens with zero attached hydrogens (tertiary/aromatic N) is 3. The topological polar surface area (TPSA) is 29.0 Å². The van der Waals surface area contributed by atoms with Crippen molar-refractivity contribution in [1.29, 1.82) is 0 Å². The first-order valence-corrected chi connectivity index (χ1v) is 3.42. The van der Waals surface area contributed by atoms with Gasteiger partial charge in [0.25, 0.3) is 0 Å². The molecule has 0 spiro atoms. The lowest BCUT2D eigenvalue weighted by atomic mass is 10.3. The summed E-state index contributed by atoms with van der Waals surface area (Å²) in [5, 5.41) is -1.10. The predicted octanol–water partition coefficient (Wildman–Crippen LogP) is 2.34. The standard InChI is InChI=1S/C8H7F2N3/c1-3-6-7(4-2)12-8(5-11-6)13(9)10/h3-5H,1-2H2. The Hall–Kier alpha value is -1.78. The lowest BCUT2D eigenvalue weighted by Gasteiger charge is -2.03. The number of anilines is 1. The molecular formula is C8H7F2N3. The molecule has 0 amide bonds. The zero-order valence-corrected chi connectivity index (χ0v) is 6.74. The molecule has 0 saturated carbocycles. The summed E-state index contributed by atoms with van der Waals surface area (Å²) < 4.78 is 24.0. The van der Waals surface area contributed by atoms with Gasteiger partial charge in [0.1, 0.15) is 0 Å². The molecule has 0 radical (unpaired) electrons. The first kappa shape index (κ1) is 9.31. The summed E-state index contributed by atoms with van der Waals surface area (Å²) in [6.45, 7) is 6.89. The summed E-state index contributed by atoms with van der Waals surface area (Å²) in [7, 11) is 0. The van der Waals surface area contributed by atoms with E-state index in [0.717, 1.165) is 6.20 Å². The molecule has 0 aromatic carbocycles. The highest BCUT2D eigenvalue weighted by molar-refractivity contribution is 5.58. The molecule has 13 heavy (non-hydrogen) atoms. The van der Waals surface area contributed by atoms with Gasteiger partial charge in [-0.15, -0.1) is 0 Å². The molecule has 0 aliphatic carbocycles. The van der Waals surface area contributed by atoms with Crippen LogP contribution < -0.4 is 5.34 Å². The van der Waals surface area contributed by atoms with E-state index in [1.165, 1.54) is 12.2 Å². The molecule has 0 aliphatic rings. The van der Waals surface area contributed by atoms with Crippen LogP contribution in [0.3, 0.4) is 0 Å². The quantitative estimate of drug-likeness (QED) is 0.673. The fourth-order valence-corrected chi connectivity index (χ4v) is 0.792. The Labute approximate surface area is 73.9 Å². The van der Waals surface area contributed by atoms with Crippen LogP contribution in [-0.2, 0) is 0 Å². The van der Waals surface area contributed by atoms with Crippen LogP contribution in [-0.4, -0.2) is 9.97 Å². The fourth-order valence-electron chi connectivity index (χ4n) is 0.792. The molecule has 1 aromatic heterocycles. The van der Waals surface area contributed by atoms with Crippen LogP contribution in [0.5, 0.6) is 0 Å². The van der Waals surface area contributed by atoms with Gasteiger partial charge in [-0.05, 0) is 17.5 Å². The van der Waals surface area contributed by atoms with E-state index in [-0.39, 0.29) is 5.69 Å². The van der Waals surface area contributed by atoms with Crippen molar-refractivity contribution in [2.45, 2.75) is 0 Å². The molecule has 5 heteroatoms. The minimum Gasteiger partial charge on any atom is -0.251 e.